The van der Waals surface area contributed by atoms with Crippen LogP contribution in [0.1, 0.15) is 54.9 Å². The zero-order valence-corrected chi connectivity index (χ0v) is 13.8. The summed E-state index contributed by atoms with van der Waals surface area (Å²) in [5.74, 6) is 2.83. The fraction of sp³-hybridized carbons (Fsp3) is 0.625. The van der Waals surface area contributed by atoms with Crippen molar-refractivity contribution >= 4 is 11.3 Å². The minimum Gasteiger partial charge on any atom is -0.328 e. The molecule has 2 aliphatic rings. The third-order valence-corrected chi connectivity index (χ3v) is 5.42. The van der Waals surface area contributed by atoms with E-state index >= 15 is 0 Å². The first kappa shape index (κ1) is 14.4. The molecule has 2 heterocycles. The Morgan fingerprint density at radius 2 is 2.14 bits per heavy atom. The summed E-state index contributed by atoms with van der Waals surface area (Å²) in [6, 6.07) is 3.18. The lowest BCUT2D eigenvalue weighted by Gasteiger charge is -2.32. The summed E-state index contributed by atoms with van der Waals surface area (Å²) in [5.41, 5.74) is 7.32. The van der Waals surface area contributed by atoms with Gasteiger partial charge in [-0.25, -0.2) is 0 Å². The van der Waals surface area contributed by atoms with Crippen molar-refractivity contribution in [3.05, 3.63) is 34.0 Å². The summed E-state index contributed by atoms with van der Waals surface area (Å²) in [4.78, 5) is 2.32. The predicted octanol–water partition coefficient (Wildman–Crippen LogP) is 2.51. The molecule has 0 aromatic carbocycles. The molecule has 6 heteroatoms. The van der Waals surface area contributed by atoms with Crippen LogP contribution in [0.25, 0.3) is 0 Å². The van der Waals surface area contributed by atoms with E-state index in [4.69, 9.17) is 5.73 Å². The molecule has 2 N–H and O–H groups in total. The molecule has 2 fully saturated rings. The highest BCUT2D eigenvalue weighted by molar-refractivity contribution is 7.07. The van der Waals surface area contributed by atoms with Crippen molar-refractivity contribution in [2.45, 2.75) is 56.8 Å². The summed E-state index contributed by atoms with van der Waals surface area (Å²) in [7, 11) is 2.16. The Labute approximate surface area is 135 Å². The second kappa shape index (κ2) is 5.76. The lowest BCUT2D eigenvalue weighted by molar-refractivity contribution is 0.299. The SMILES string of the molecule is CN(Cc1ccsc1)Cc1nnc(C2CC(N)C2)n1C1CC1. The number of nitrogens with two attached hydrogens (primary N) is 1. The molecule has 118 valence electrons. The molecular formula is C16H23N5S. The zero-order valence-electron chi connectivity index (χ0n) is 13.0. The molecule has 0 aliphatic heterocycles. The van der Waals surface area contributed by atoms with Gasteiger partial charge in [-0.1, -0.05) is 0 Å². The molecule has 0 unspecified atom stereocenters. The molecule has 4 rings (SSSR count). The molecule has 5 nitrogen and oxygen atoms in total. The van der Waals surface area contributed by atoms with E-state index < -0.39 is 0 Å². The van der Waals surface area contributed by atoms with Crippen molar-refractivity contribution in [2.75, 3.05) is 7.05 Å². The maximum atomic E-state index is 5.95. The number of hydrogen-bond donors (Lipinski definition) is 1. The van der Waals surface area contributed by atoms with Crippen molar-refractivity contribution in [3.8, 4) is 0 Å². The number of thiophene rings is 1. The van der Waals surface area contributed by atoms with Gasteiger partial charge in [0.15, 0.2) is 0 Å². The van der Waals surface area contributed by atoms with E-state index in [-0.39, 0.29) is 0 Å². The first-order chi connectivity index (χ1) is 10.7. The van der Waals surface area contributed by atoms with Crippen LogP contribution in [0.3, 0.4) is 0 Å². The molecule has 0 bridgehead atoms. The lowest BCUT2D eigenvalue weighted by atomic mass is 9.80. The van der Waals surface area contributed by atoms with E-state index in [1.165, 1.54) is 24.2 Å². The molecule has 0 atom stereocenters. The van der Waals surface area contributed by atoms with Crippen molar-refractivity contribution in [3.63, 3.8) is 0 Å². The van der Waals surface area contributed by atoms with E-state index in [0.29, 0.717) is 18.0 Å². The Bertz CT molecular complexity index is 625. The Morgan fingerprint density at radius 1 is 1.32 bits per heavy atom. The van der Waals surface area contributed by atoms with Crippen molar-refractivity contribution in [2.24, 2.45) is 5.73 Å². The van der Waals surface area contributed by atoms with Crippen LogP contribution in [0.5, 0.6) is 0 Å². The molecule has 2 aliphatic carbocycles. The van der Waals surface area contributed by atoms with Gasteiger partial charge in [-0.3, -0.25) is 4.90 Å². The Kier molecular flexibility index (Phi) is 3.76. The summed E-state index contributed by atoms with van der Waals surface area (Å²) in [5, 5.41) is 13.4. The van der Waals surface area contributed by atoms with E-state index in [0.717, 1.165) is 31.8 Å². The van der Waals surface area contributed by atoms with E-state index in [2.05, 4.69) is 43.5 Å². The van der Waals surface area contributed by atoms with Gasteiger partial charge in [0.25, 0.3) is 0 Å². The largest absolute Gasteiger partial charge is 0.328 e. The standard InChI is InChI=1S/C16H23N5S/c1-20(8-11-4-5-22-10-11)9-15-18-19-16(12-6-13(17)7-12)21(15)14-2-3-14/h4-5,10,12-14H,2-3,6-9,17H2,1H3. The molecule has 0 amide bonds. The van der Waals surface area contributed by atoms with E-state index in [1.54, 1.807) is 11.3 Å². The minimum atomic E-state index is 0.360. The van der Waals surface area contributed by atoms with Gasteiger partial charge in [0.05, 0.1) is 6.54 Å². The third-order valence-electron chi connectivity index (χ3n) is 4.69. The molecule has 0 saturated heterocycles. The summed E-state index contributed by atoms with van der Waals surface area (Å²) < 4.78 is 2.42. The van der Waals surface area contributed by atoms with Gasteiger partial charge < -0.3 is 10.3 Å². The lowest BCUT2D eigenvalue weighted by Crippen LogP contribution is -2.36. The number of nitrogens with zero attached hydrogens (tertiary/aromatic N) is 4. The Morgan fingerprint density at radius 3 is 2.77 bits per heavy atom. The van der Waals surface area contributed by atoms with Crippen molar-refractivity contribution in [1.29, 1.82) is 0 Å². The molecule has 0 radical (unpaired) electrons. The van der Waals surface area contributed by atoms with Gasteiger partial charge in [0.2, 0.25) is 0 Å². The molecule has 0 spiro atoms. The number of aromatic nitrogens is 3. The first-order valence-corrected chi connectivity index (χ1v) is 9.04. The Hall–Kier alpha value is -1.24. The van der Waals surface area contributed by atoms with E-state index in [9.17, 15) is 0 Å². The van der Waals surface area contributed by atoms with Crippen LogP contribution in [0.2, 0.25) is 0 Å². The minimum absolute atomic E-state index is 0.360. The number of hydrogen-bond acceptors (Lipinski definition) is 5. The van der Waals surface area contributed by atoms with Crippen LogP contribution in [0, 0.1) is 0 Å². The average Bonchev–Trinajstić information content (AvgIpc) is 3.00. The highest BCUT2D eigenvalue weighted by Crippen LogP contribution is 2.42. The van der Waals surface area contributed by atoms with Gasteiger partial charge in [-0.2, -0.15) is 11.3 Å². The summed E-state index contributed by atoms with van der Waals surface area (Å²) in [6.45, 7) is 1.82. The fourth-order valence-corrected chi connectivity index (χ4v) is 3.98. The monoisotopic (exact) mass is 317 g/mol. The molecule has 2 aromatic heterocycles. The van der Waals surface area contributed by atoms with Gasteiger partial charge in [-0.15, -0.1) is 10.2 Å². The van der Waals surface area contributed by atoms with Crippen LogP contribution >= 0.6 is 11.3 Å². The van der Waals surface area contributed by atoms with Crippen LogP contribution in [-0.2, 0) is 13.1 Å². The number of rotatable bonds is 6. The van der Waals surface area contributed by atoms with Crippen LogP contribution in [-0.4, -0.2) is 32.8 Å². The normalized spacial score (nSPS) is 24.7. The second-order valence-corrected chi connectivity index (χ2v) is 7.59. The van der Waals surface area contributed by atoms with Gasteiger partial charge in [0.1, 0.15) is 11.6 Å². The van der Waals surface area contributed by atoms with Gasteiger partial charge in [-0.05, 0) is 55.1 Å². The van der Waals surface area contributed by atoms with Gasteiger partial charge in [0, 0.05) is 24.5 Å². The summed E-state index contributed by atoms with van der Waals surface area (Å²) >= 11 is 1.75. The second-order valence-electron chi connectivity index (χ2n) is 6.81. The van der Waals surface area contributed by atoms with Crippen molar-refractivity contribution < 1.29 is 0 Å². The van der Waals surface area contributed by atoms with Crippen LogP contribution in [0.15, 0.2) is 16.8 Å². The molecule has 2 saturated carbocycles. The smallest absolute Gasteiger partial charge is 0.147 e. The molecule has 2 aromatic rings. The maximum Gasteiger partial charge on any atom is 0.147 e. The zero-order chi connectivity index (χ0) is 15.1. The predicted molar refractivity (Wildman–Crippen MR) is 87.7 cm³/mol. The van der Waals surface area contributed by atoms with Crippen molar-refractivity contribution in [1.82, 2.24) is 19.7 Å². The highest BCUT2D eigenvalue weighted by Gasteiger charge is 2.36. The Balaban J connectivity index is 1.49. The molecular weight excluding hydrogens is 294 g/mol. The topological polar surface area (TPSA) is 60.0 Å². The quantitative estimate of drug-likeness (QED) is 0.889. The first-order valence-electron chi connectivity index (χ1n) is 8.09. The maximum absolute atomic E-state index is 5.95. The summed E-state index contributed by atoms with van der Waals surface area (Å²) in [6.07, 6.45) is 4.67. The van der Waals surface area contributed by atoms with Gasteiger partial charge >= 0.3 is 0 Å². The molecule has 22 heavy (non-hydrogen) atoms. The average molecular weight is 317 g/mol. The van der Waals surface area contributed by atoms with Crippen LogP contribution in [0.4, 0.5) is 0 Å². The third kappa shape index (κ3) is 2.83. The van der Waals surface area contributed by atoms with E-state index in [1.807, 2.05) is 0 Å². The van der Waals surface area contributed by atoms with Crippen LogP contribution < -0.4 is 5.73 Å². The fourth-order valence-electron chi connectivity index (χ4n) is 3.32. The highest BCUT2D eigenvalue weighted by atomic mass is 32.1.